The summed E-state index contributed by atoms with van der Waals surface area (Å²) >= 11 is 6.62. The molecule has 0 aliphatic rings. The van der Waals surface area contributed by atoms with Crippen molar-refractivity contribution in [2.24, 2.45) is 14.7 Å². The molecule has 0 radical (unpaired) electrons. The molecule has 0 spiro atoms. The smallest absolute Gasteiger partial charge is 0.235 e. The van der Waals surface area contributed by atoms with Crippen molar-refractivity contribution in [2.45, 2.75) is 0 Å². The SMILES string of the molecule is CN(/N=C/c1ccccc1)P(=S)(N=P(c1ccccc1)(c1ccccc1)c1ccccc1)N(C)/N=C/c1ccccc1. The largest absolute Gasteiger partial charge is 0.268 e. The van der Waals surface area contributed by atoms with Crippen molar-refractivity contribution in [3.8, 4) is 0 Å². The first kappa shape index (κ1) is 29.4. The molecule has 0 N–H and O–H groups in total. The van der Waals surface area contributed by atoms with E-state index in [4.69, 9.17) is 26.5 Å². The highest BCUT2D eigenvalue weighted by atomic mass is 32.4. The van der Waals surface area contributed by atoms with Crippen LogP contribution in [0.5, 0.6) is 0 Å². The van der Waals surface area contributed by atoms with Crippen molar-refractivity contribution >= 4 is 53.7 Å². The van der Waals surface area contributed by atoms with Crippen LogP contribution in [0, 0.1) is 0 Å². The van der Waals surface area contributed by atoms with Gasteiger partial charge in [0.2, 0.25) is 0 Å². The Hall–Kier alpha value is -4.08. The zero-order chi connectivity index (χ0) is 29.3. The molecular weight excluding hydrogens is 572 g/mol. The zero-order valence-electron chi connectivity index (χ0n) is 23.6. The van der Waals surface area contributed by atoms with Crippen molar-refractivity contribution in [2.75, 3.05) is 14.1 Å². The van der Waals surface area contributed by atoms with E-state index in [9.17, 15) is 0 Å². The minimum Gasteiger partial charge on any atom is -0.235 e. The van der Waals surface area contributed by atoms with Crippen LogP contribution in [-0.4, -0.2) is 36.1 Å². The van der Waals surface area contributed by atoms with E-state index in [2.05, 4.69) is 72.8 Å². The van der Waals surface area contributed by atoms with Gasteiger partial charge in [0.05, 0.1) is 19.5 Å². The standard InChI is InChI=1S/C34H33N5P2S/c1-38(35-28-30-18-8-3-9-19-30)41(42,39(2)36-29-31-20-10-4-11-21-31)37-40(32-22-12-5-13-23-32,33-24-14-6-15-25-33)34-26-16-7-17-27-34/h3-29H,1-2H3/b35-28+,36-29+. The van der Waals surface area contributed by atoms with E-state index in [1.165, 1.54) is 0 Å². The molecule has 5 aromatic carbocycles. The summed E-state index contributed by atoms with van der Waals surface area (Å²) in [5, 5.41) is 13.1. The van der Waals surface area contributed by atoms with Crippen LogP contribution < -0.4 is 15.9 Å². The molecule has 5 aromatic rings. The monoisotopic (exact) mass is 605 g/mol. The Morgan fingerprint density at radius 2 is 0.762 bits per heavy atom. The van der Waals surface area contributed by atoms with E-state index in [0.29, 0.717) is 0 Å². The Labute approximate surface area is 254 Å². The third-order valence-electron chi connectivity index (χ3n) is 6.74. The maximum absolute atomic E-state index is 6.62. The van der Waals surface area contributed by atoms with Crippen molar-refractivity contribution < 1.29 is 0 Å². The molecule has 0 unspecified atom stereocenters. The summed E-state index contributed by atoms with van der Waals surface area (Å²) in [5.41, 5.74) is 1.97. The van der Waals surface area contributed by atoms with Crippen LogP contribution in [0.1, 0.15) is 11.1 Å². The maximum atomic E-state index is 6.62. The third-order valence-corrected chi connectivity index (χ3v) is 15.7. The van der Waals surface area contributed by atoms with Gasteiger partial charge >= 0.3 is 0 Å². The fourth-order valence-electron chi connectivity index (χ4n) is 4.52. The number of hydrogen-bond donors (Lipinski definition) is 0. The average molecular weight is 606 g/mol. The lowest BCUT2D eigenvalue weighted by Gasteiger charge is -2.36. The Kier molecular flexibility index (Phi) is 9.61. The highest BCUT2D eigenvalue weighted by molar-refractivity contribution is 8.13. The van der Waals surface area contributed by atoms with Crippen LogP contribution in [-0.2, 0) is 11.8 Å². The summed E-state index contributed by atoms with van der Waals surface area (Å²) in [6.07, 6.45) is 3.66. The zero-order valence-corrected chi connectivity index (χ0v) is 26.2. The molecule has 210 valence electrons. The van der Waals surface area contributed by atoms with Gasteiger partial charge in [-0.15, -0.1) is 0 Å². The van der Waals surface area contributed by atoms with Gasteiger partial charge in [-0.25, -0.2) is 14.1 Å². The Morgan fingerprint density at radius 1 is 0.476 bits per heavy atom. The van der Waals surface area contributed by atoms with Crippen LogP contribution in [0.2, 0.25) is 0 Å². The van der Waals surface area contributed by atoms with E-state index in [1.807, 2.05) is 115 Å². The van der Waals surface area contributed by atoms with Crippen LogP contribution in [0.25, 0.3) is 0 Å². The van der Waals surface area contributed by atoms with Gasteiger partial charge in [0.1, 0.15) is 0 Å². The molecule has 0 saturated heterocycles. The van der Waals surface area contributed by atoms with Crippen LogP contribution in [0.15, 0.2) is 166 Å². The lowest BCUT2D eigenvalue weighted by atomic mass is 10.2. The minimum absolute atomic E-state index is 0.983. The second kappa shape index (κ2) is 13.7. The van der Waals surface area contributed by atoms with Gasteiger partial charge in [0, 0.05) is 30.0 Å². The van der Waals surface area contributed by atoms with Crippen molar-refractivity contribution in [3.63, 3.8) is 0 Å². The fraction of sp³-hybridized carbons (Fsp3) is 0.0588. The number of benzene rings is 5. The molecule has 0 saturated carbocycles. The van der Waals surface area contributed by atoms with Gasteiger partial charge < -0.3 is 0 Å². The number of rotatable bonds is 10. The molecule has 5 nitrogen and oxygen atoms in total. The molecule has 0 amide bonds. The fourth-order valence-corrected chi connectivity index (χ4v) is 12.8. The highest BCUT2D eigenvalue weighted by Crippen LogP contribution is 2.63. The van der Waals surface area contributed by atoms with Crippen LogP contribution >= 0.6 is 13.5 Å². The first-order valence-corrected chi connectivity index (χ1v) is 18.0. The van der Waals surface area contributed by atoms with Gasteiger partial charge in [-0.2, -0.15) is 10.2 Å². The van der Waals surface area contributed by atoms with E-state index >= 15 is 0 Å². The molecular formula is C34H33N5P2S. The van der Waals surface area contributed by atoms with E-state index in [1.54, 1.807) is 0 Å². The summed E-state index contributed by atoms with van der Waals surface area (Å²) < 4.78 is 9.51. The van der Waals surface area contributed by atoms with Gasteiger partial charge in [0.15, 0.2) is 0 Å². The second-order valence-electron chi connectivity index (χ2n) is 9.53. The van der Waals surface area contributed by atoms with Gasteiger partial charge in [0.25, 0.3) is 6.49 Å². The topological polar surface area (TPSA) is 43.6 Å². The summed E-state index contributed by atoms with van der Waals surface area (Å²) in [6.45, 7) is -3.01. The summed E-state index contributed by atoms with van der Waals surface area (Å²) in [5.74, 6) is 0. The number of nitrogens with zero attached hydrogens (tertiary/aromatic N) is 5. The van der Waals surface area contributed by atoms with Gasteiger partial charge in [-0.05, 0) is 22.9 Å². The molecule has 0 aromatic heterocycles. The molecule has 0 aliphatic heterocycles. The van der Waals surface area contributed by atoms with Crippen molar-refractivity contribution in [1.29, 1.82) is 0 Å². The van der Waals surface area contributed by atoms with Crippen LogP contribution in [0.3, 0.4) is 0 Å². The molecule has 42 heavy (non-hydrogen) atoms. The van der Waals surface area contributed by atoms with Crippen molar-refractivity contribution in [1.82, 2.24) is 9.56 Å². The lowest BCUT2D eigenvalue weighted by Crippen LogP contribution is -2.27. The Bertz CT molecular complexity index is 1570. The van der Waals surface area contributed by atoms with Gasteiger partial charge in [-0.3, -0.25) is 0 Å². The molecule has 5 rings (SSSR count). The van der Waals surface area contributed by atoms with E-state index in [0.717, 1.165) is 27.0 Å². The molecule has 0 heterocycles. The molecule has 0 atom stereocenters. The quantitative estimate of drug-likeness (QED) is 0.0952. The second-order valence-corrected chi connectivity index (χ2v) is 16.7. The van der Waals surface area contributed by atoms with E-state index < -0.39 is 13.5 Å². The average Bonchev–Trinajstić information content (AvgIpc) is 3.07. The molecule has 0 aliphatic carbocycles. The van der Waals surface area contributed by atoms with E-state index in [-0.39, 0.29) is 0 Å². The highest BCUT2D eigenvalue weighted by Gasteiger charge is 2.35. The summed E-state index contributed by atoms with van der Waals surface area (Å²) in [4.78, 5) is 0. The van der Waals surface area contributed by atoms with Gasteiger partial charge in [-0.1, -0.05) is 152 Å². The lowest BCUT2D eigenvalue weighted by molar-refractivity contribution is 0.499. The predicted molar refractivity (Wildman–Crippen MR) is 185 cm³/mol. The summed E-state index contributed by atoms with van der Waals surface area (Å²) in [6, 6.07) is 51.6. The first-order valence-electron chi connectivity index (χ1n) is 13.6. The molecule has 0 fully saturated rings. The minimum atomic E-state index is -3.01. The maximum Gasteiger partial charge on any atom is 0.268 e. The third kappa shape index (κ3) is 6.53. The molecule has 8 heteroatoms. The van der Waals surface area contributed by atoms with Crippen molar-refractivity contribution in [3.05, 3.63) is 163 Å². The number of hydrazone groups is 2. The normalized spacial score (nSPS) is 12.0. The Morgan fingerprint density at radius 3 is 1.07 bits per heavy atom. The number of hydrogen-bond acceptors (Lipinski definition) is 3. The molecule has 0 bridgehead atoms. The first-order chi connectivity index (χ1) is 20.5. The van der Waals surface area contributed by atoms with Crippen LogP contribution in [0.4, 0.5) is 0 Å². The summed E-state index contributed by atoms with van der Waals surface area (Å²) in [7, 11) is 1.19. The Balaban J connectivity index is 1.78. The predicted octanol–water partition coefficient (Wildman–Crippen LogP) is 7.32.